The predicted molar refractivity (Wildman–Crippen MR) is 118 cm³/mol. The van der Waals surface area contributed by atoms with Gasteiger partial charge in [0.2, 0.25) is 5.91 Å². The highest BCUT2D eigenvalue weighted by molar-refractivity contribution is 14.1. The first-order valence-electron chi connectivity index (χ1n) is 9.06. The van der Waals surface area contributed by atoms with Gasteiger partial charge in [0.15, 0.2) is 34.5 Å². The van der Waals surface area contributed by atoms with Crippen LogP contribution in [0.1, 0.15) is 37.7 Å². The van der Waals surface area contributed by atoms with Crippen molar-refractivity contribution in [2.45, 2.75) is 32.1 Å². The first kappa shape index (κ1) is 21.0. The number of benzene rings is 1. The molecule has 0 bridgehead atoms. The maximum Gasteiger partial charge on any atom is 0.251 e. The van der Waals surface area contributed by atoms with Crippen LogP contribution in [0.2, 0.25) is 0 Å². The SMILES string of the molecule is CCCCSC1=NC2=C(C(=O)NC1)C(c1ccc(OC)c(OI)c1)CC(=O)N2. The van der Waals surface area contributed by atoms with Gasteiger partial charge in [0.1, 0.15) is 5.82 Å². The third-order valence-corrected chi connectivity index (χ3v) is 6.11. The van der Waals surface area contributed by atoms with Crippen molar-refractivity contribution in [1.29, 1.82) is 0 Å². The largest absolute Gasteiger partial charge is 0.493 e. The van der Waals surface area contributed by atoms with Crippen molar-refractivity contribution in [3.63, 3.8) is 0 Å². The fourth-order valence-electron chi connectivity index (χ4n) is 3.14. The van der Waals surface area contributed by atoms with Gasteiger partial charge in [-0.3, -0.25) is 9.59 Å². The van der Waals surface area contributed by atoms with Gasteiger partial charge in [-0.15, -0.1) is 11.8 Å². The summed E-state index contributed by atoms with van der Waals surface area (Å²) < 4.78 is 10.6. The van der Waals surface area contributed by atoms with Crippen molar-refractivity contribution in [1.82, 2.24) is 10.6 Å². The number of halogens is 1. The molecular formula is C19H22IN3O4S. The molecule has 1 aromatic rings. The molecule has 9 heteroatoms. The molecule has 0 aliphatic carbocycles. The molecule has 1 unspecified atom stereocenters. The highest BCUT2D eigenvalue weighted by Crippen LogP contribution is 2.39. The van der Waals surface area contributed by atoms with Crippen LogP contribution in [0.25, 0.3) is 0 Å². The van der Waals surface area contributed by atoms with Crippen molar-refractivity contribution in [3.05, 3.63) is 35.2 Å². The van der Waals surface area contributed by atoms with Crippen molar-refractivity contribution in [3.8, 4) is 11.5 Å². The molecule has 28 heavy (non-hydrogen) atoms. The van der Waals surface area contributed by atoms with Gasteiger partial charge < -0.3 is 18.4 Å². The summed E-state index contributed by atoms with van der Waals surface area (Å²) in [5.74, 6) is 1.65. The van der Waals surface area contributed by atoms with Crippen LogP contribution >= 0.6 is 34.8 Å². The number of nitrogens with one attached hydrogen (secondary N) is 2. The fraction of sp³-hybridized carbons (Fsp3) is 0.421. The second kappa shape index (κ2) is 9.64. The number of ether oxygens (including phenoxy) is 1. The molecule has 3 rings (SSSR count). The molecule has 0 aromatic heterocycles. The third kappa shape index (κ3) is 4.62. The lowest BCUT2D eigenvalue weighted by Gasteiger charge is -2.26. The van der Waals surface area contributed by atoms with E-state index in [4.69, 9.17) is 7.80 Å². The van der Waals surface area contributed by atoms with Gasteiger partial charge in [0.05, 0.1) is 24.3 Å². The number of thioether (sulfide) groups is 1. The lowest BCUT2D eigenvalue weighted by molar-refractivity contribution is -0.121. The number of rotatable bonds is 6. The minimum atomic E-state index is -0.399. The molecule has 2 aliphatic rings. The minimum absolute atomic E-state index is 0.159. The van der Waals surface area contributed by atoms with Crippen LogP contribution in [0.15, 0.2) is 34.6 Å². The number of methoxy groups -OCH3 is 1. The maximum atomic E-state index is 12.8. The second-order valence-electron chi connectivity index (χ2n) is 6.44. The average molecular weight is 515 g/mol. The monoisotopic (exact) mass is 515 g/mol. The number of carbonyl (C=O) groups excluding carboxylic acids is 2. The summed E-state index contributed by atoms with van der Waals surface area (Å²) >= 11 is 3.40. The molecule has 0 radical (unpaired) electrons. The summed E-state index contributed by atoms with van der Waals surface area (Å²) in [4.78, 5) is 29.8. The van der Waals surface area contributed by atoms with E-state index < -0.39 is 5.92 Å². The highest BCUT2D eigenvalue weighted by atomic mass is 127. The fourth-order valence-corrected chi connectivity index (χ4v) is 4.49. The first-order chi connectivity index (χ1) is 13.6. The van der Waals surface area contributed by atoms with Crippen LogP contribution in [-0.2, 0) is 9.59 Å². The topological polar surface area (TPSA) is 89.0 Å². The molecule has 2 amide bonds. The Morgan fingerprint density at radius 3 is 2.86 bits per heavy atom. The molecule has 7 nitrogen and oxygen atoms in total. The highest BCUT2D eigenvalue weighted by Gasteiger charge is 2.35. The molecule has 2 N–H and O–H groups in total. The summed E-state index contributed by atoms with van der Waals surface area (Å²) in [6.07, 6.45) is 2.34. The number of amides is 2. The Hall–Kier alpha value is -1.75. The van der Waals surface area contributed by atoms with Gasteiger partial charge in [-0.2, -0.15) is 0 Å². The zero-order valence-corrected chi connectivity index (χ0v) is 18.7. The average Bonchev–Trinajstić information content (AvgIpc) is 2.85. The van der Waals surface area contributed by atoms with E-state index in [2.05, 4.69) is 22.5 Å². The van der Waals surface area contributed by atoms with Crippen molar-refractivity contribution in [2.24, 2.45) is 4.99 Å². The molecule has 0 saturated heterocycles. The smallest absolute Gasteiger partial charge is 0.251 e. The molecule has 1 aromatic carbocycles. The molecule has 1 atom stereocenters. The van der Waals surface area contributed by atoms with Crippen LogP contribution in [0.4, 0.5) is 0 Å². The van der Waals surface area contributed by atoms with E-state index in [-0.39, 0.29) is 18.2 Å². The molecule has 150 valence electrons. The Bertz CT molecular complexity index is 840. The van der Waals surface area contributed by atoms with E-state index in [9.17, 15) is 9.59 Å². The molecule has 2 heterocycles. The summed E-state index contributed by atoms with van der Waals surface area (Å²) in [6.45, 7) is 2.50. The van der Waals surface area contributed by atoms with Gasteiger partial charge in [0, 0.05) is 12.3 Å². The number of hydrogen-bond acceptors (Lipinski definition) is 6. The van der Waals surface area contributed by atoms with E-state index >= 15 is 0 Å². The van der Waals surface area contributed by atoms with E-state index in [1.54, 1.807) is 54.0 Å². The summed E-state index contributed by atoms with van der Waals surface area (Å²) in [5, 5.41) is 6.52. The number of hydrogen-bond donors (Lipinski definition) is 2. The Balaban J connectivity index is 1.99. The lowest BCUT2D eigenvalue weighted by Crippen LogP contribution is -2.37. The lowest BCUT2D eigenvalue weighted by atomic mass is 9.85. The summed E-state index contributed by atoms with van der Waals surface area (Å²) in [5.41, 5.74) is 1.29. The van der Waals surface area contributed by atoms with Gasteiger partial charge in [-0.05, 0) is 29.9 Å². The van der Waals surface area contributed by atoms with E-state index in [1.807, 2.05) is 6.07 Å². The maximum absolute atomic E-state index is 12.8. The van der Waals surface area contributed by atoms with Crippen LogP contribution in [-0.4, -0.2) is 36.3 Å². The Morgan fingerprint density at radius 1 is 1.32 bits per heavy atom. The van der Waals surface area contributed by atoms with E-state index in [1.165, 1.54) is 0 Å². The summed E-state index contributed by atoms with van der Waals surface area (Å²) in [6, 6.07) is 5.43. The van der Waals surface area contributed by atoms with Gasteiger partial charge >= 0.3 is 0 Å². The number of nitrogens with zero attached hydrogens (tertiary/aromatic N) is 1. The van der Waals surface area contributed by atoms with Crippen molar-refractivity contribution < 1.29 is 17.4 Å². The van der Waals surface area contributed by atoms with Crippen molar-refractivity contribution in [2.75, 3.05) is 19.4 Å². The standard InChI is InChI=1S/C19H22IN3O4S/c1-3-4-7-28-16-10-21-19(25)17-12(9-15(24)22-18(17)23-16)11-5-6-13(26-2)14(8-11)27-20/h5-6,8,12H,3-4,7,9-10H2,1-2H3,(H,21,25)(H,22,24). The van der Waals surface area contributed by atoms with Crippen LogP contribution in [0, 0.1) is 0 Å². The predicted octanol–water partition coefficient (Wildman–Crippen LogP) is 3.30. The molecule has 2 aliphatic heterocycles. The second-order valence-corrected chi connectivity index (χ2v) is 8.05. The van der Waals surface area contributed by atoms with Gasteiger partial charge in [-0.1, -0.05) is 19.4 Å². The van der Waals surface area contributed by atoms with Crippen LogP contribution in [0.3, 0.4) is 0 Å². The van der Waals surface area contributed by atoms with E-state index in [0.717, 1.165) is 29.2 Å². The van der Waals surface area contributed by atoms with Crippen molar-refractivity contribution >= 4 is 51.6 Å². The minimum Gasteiger partial charge on any atom is -0.493 e. The quantitative estimate of drug-likeness (QED) is 0.449. The Kier molecular flexibility index (Phi) is 7.22. The zero-order chi connectivity index (χ0) is 20.1. The molecule has 0 fully saturated rings. The van der Waals surface area contributed by atoms with Gasteiger partial charge in [-0.25, -0.2) is 4.99 Å². The first-order valence-corrected chi connectivity index (χ1v) is 10.9. The third-order valence-electron chi connectivity index (χ3n) is 4.57. The molecule has 0 saturated carbocycles. The zero-order valence-electron chi connectivity index (χ0n) is 15.7. The summed E-state index contributed by atoms with van der Waals surface area (Å²) in [7, 11) is 1.56. The normalized spacial score (nSPS) is 19.2. The Labute approximate surface area is 182 Å². The molecule has 0 spiro atoms. The van der Waals surface area contributed by atoms with Gasteiger partial charge in [0.25, 0.3) is 5.91 Å². The number of unbranched alkanes of at least 4 members (excludes halogenated alkanes) is 1. The molecular weight excluding hydrogens is 493 g/mol. The number of aliphatic imine (C=N–C) groups is 1. The number of carbonyl (C=O) groups is 2. The van der Waals surface area contributed by atoms with Crippen LogP contribution < -0.4 is 18.4 Å². The van der Waals surface area contributed by atoms with E-state index in [0.29, 0.717) is 29.4 Å². The van der Waals surface area contributed by atoms with Crippen LogP contribution in [0.5, 0.6) is 11.5 Å². The Morgan fingerprint density at radius 2 is 2.14 bits per heavy atom.